The van der Waals surface area contributed by atoms with Crippen LogP contribution in [-0.2, 0) is 11.2 Å². The van der Waals surface area contributed by atoms with E-state index in [2.05, 4.69) is 12.2 Å². The molecule has 0 atom stereocenters. The number of amides is 2. The number of nitrogens with zero attached hydrogens (tertiary/aromatic N) is 1. The van der Waals surface area contributed by atoms with E-state index in [9.17, 15) is 9.59 Å². The lowest BCUT2D eigenvalue weighted by molar-refractivity contribution is -0.118. The third-order valence-corrected chi connectivity index (χ3v) is 4.99. The van der Waals surface area contributed by atoms with Crippen LogP contribution >= 0.6 is 0 Å². The van der Waals surface area contributed by atoms with Crippen LogP contribution in [0.5, 0.6) is 5.75 Å². The summed E-state index contributed by atoms with van der Waals surface area (Å²) in [5.74, 6) is 0.528. The molecule has 1 fully saturated rings. The lowest BCUT2D eigenvalue weighted by Crippen LogP contribution is -2.31. The Morgan fingerprint density at radius 3 is 2.39 bits per heavy atom. The van der Waals surface area contributed by atoms with Crippen molar-refractivity contribution in [1.29, 1.82) is 0 Å². The molecule has 3 rings (SSSR count). The van der Waals surface area contributed by atoms with Crippen LogP contribution in [0.2, 0.25) is 0 Å². The first-order chi connectivity index (χ1) is 13.7. The Balaban J connectivity index is 1.51. The van der Waals surface area contributed by atoms with E-state index in [1.807, 2.05) is 29.2 Å². The summed E-state index contributed by atoms with van der Waals surface area (Å²) < 4.78 is 5.56. The van der Waals surface area contributed by atoms with Crippen LogP contribution in [-0.4, -0.2) is 36.4 Å². The number of likely N-dealkylation sites (tertiary alicyclic amines) is 1. The fraction of sp³-hybridized carbons (Fsp3) is 0.391. The fourth-order valence-corrected chi connectivity index (χ4v) is 3.35. The van der Waals surface area contributed by atoms with Crippen molar-refractivity contribution in [2.24, 2.45) is 0 Å². The van der Waals surface area contributed by atoms with Gasteiger partial charge in [-0.15, -0.1) is 0 Å². The van der Waals surface area contributed by atoms with Crippen LogP contribution in [0.25, 0.3) is 0 Å². The first-order valence-corrected chi connectivity index (χ1v) is 10.1. The van der Waals surface area contributed by atoms with E-state index in [4.69, 9.17) is 4.74 Å². The highest BCUT2D eigenvalue weighted by Gasteiger charge is 2.17. The molecule has 2 amide bonds. The van der Waals surface area contributed by atoms with E-state index in [-0.39, 0.29) is 18.4 Å². The van der Waals surface area contributed by atoms with Gasteiger partial charge in [0.05, 0.1) is 0 Å². The topological polar surface area (TPSA) is 58.6 Å². The predicted octanol–water partition coefficient (Wildman–Crippen LogP) is 4.28. The average molecular weight is 380 g/mol. The molecule has 0 saturated carbocycles. The molecule has 0 aromatic heterocycles. The molecule has 2 aromatic carbocycles. The molecule has 5 nitrogen and oxygen atoms in total. The highest BCUT2D eigenvalue weighted by Crippen LogP contribution is 2.16. The molecule has 0 aliphatic carbocycles. The van der Waals surface area contributed by atoms with Gasteiger partial charge in [0.1, 0.15) is 5.75 Å². The lowest BCUT2D eigenvalue weighted by atomic mass is 10.1. The fourth-order valence-electron chi connectivity index (χ4n) is 3.35. The van der Waals surface area contributed by atoms with Gasteiger partial charge < -0.3 is 15.0 Å². The highest BCUT2D eigenvalue weighted by atomic mass is 16.5. The quantitative estimate of drug-likeness (QED) is 0.814. The molecule has 1 aliphatic rings. The SMILES string of the molecule is CCc1cccc(OCC(=O)Nc2ccc(C(=O)N3CCCCCC3)cc2)c1. The van der Waals surface area contributed by atoms with E-state index in [0.29, 0.717) is 17.0 Å². The van der Waals surface area contributed by atoms with Crippen molar-refractivity contribution in [3.63, 3.8) is 0 Å². The van der Waals surface area contributed by atoms with Crippen LogP contribution < -0.4 is 10.1 Å². The van der Waals surface area contributed by atoms with Crippen molar-refractivity contribution in [2.75, 3.05) is 25.0 Å². The Kier molecular flexibility index (Phi) is 7.06. The molecule has 0 bridgehead atoms. The summed E-state index contributed by atoms with van der Waals surface area (Å²) >= 11 is 0. The number of carbonyl (C=O) groups excluding carboxylic acids is 2. The molecular weight excluding hydrogens is 352 g/mol. The monoisotopic (exact) mass is 380 g/mol. The largest absolute Gasteiger partial charge is 0.484 e. The summed E-state index contributed by atoms with van der Waals surface area (Å²) in [6, 6.07) is 14.8. The average Bonchev–Trinajstić information content (AvgIpc) is 3.02. The van der Waals surface area contributed by atoms with Gasteiger partial charge in [0.15, 0.2) is 6.61 Å². The normalized spacial score (nSPS) is 14.2. The van der Waals surface area contributed by atoms with E-state index < -0.39 is 0 Å². The molecule has 1 saturated heterocycles. The molecule has 28 heavy (non-hydrogen) atoms. The van der Waals surface area contributed by atoms with Gasteiger partial charge in [-0.25, -0.2) is 0 Å². The smallest absolute Gasteiger partial charge is 0.262 e. The first kappa shape index (κ1) is 19.9. The number of carbonyl (C=O) groups is 2. The minimum absolute atomic E-state index is 0.0539. The predicted molar refractivity (Wildman–Crippen MR) is 111 cm³/mol. The van der Waals surface area contributed by atoms with Crippen molar-refractivity contribution in [1.82, 2.24) is 4.90 Å². The summed E-state index contributed by atoms with van der Waals surface area (Å²) in [4.78, 5) is 26.7. The summed E-state index contributed by atoms with van der Waals surface area (Å²) in [7, 11) is 0. The van der Waals surface area contributed by atoms with Gasteiger partial charge in [-0.2, -0.15) is 0 Å². The Hall–Kier alpha value is -2.82. The summed E-state index contributed by atoms with van der Waals surface area (Å²) in [6.45, 7) is 3.68. The molecule has 0 radical (unpaired) electrons. The number of benzene rings is 2. The number of hydrogen-bond acceptors (Lipinski definition) is 3. The minimum Gasteiger partial charge on any atom is -0.484 e. The van der Waals surface area contributed by atoms with Crippen LogP contribution in [0, 0.1) is 0 Å². The second-order valence-electron chi connectivity index (χ2n) is 7.12. The third-order valence-electron chi connectivity index (χ3n) is 4.99. The van der Waals surface area contributed by atoms with Gasteiger partial charge in [0.25, 0.3) is 11.8 Å². The van der Waals surface area contributed by atoms with Crippen molar-refractivity contribution in [3.8, 4) is 5.75 Å². The minimum atomic E-state index is -0.228. The van der Waals surface area contributed by atoms with Crippen molar-refractivity contribution in [2.45, 2.75) is 39.0 Å². The number of hydrogen-bond donors (Lipinski definition) is 1. The van der Waals surface area contributed by atoms with Gasteiger partial charge in [-0.3, -0.25) is 9.59 Å². The molecule has 1 heterocycles. The van der Waals surface area contributed by atoms with Crippen LogP contribution in [0.4, 0.5) is 5.69 Å². The number of ether oxygens (including phenoxy) is 1. The van der Waals surface area contributed by atoms with E-state index in [1.54, 1.807) is 24.3 Å². The molecule has 5 heteroatoms. The zero-order chi connectivity index (χ0) is 19.8. The van der Waals surface area contributed by atoms with Crippen LogP contribution in [0.15, 0.2) is 48.5 Å². The third kappa shape index (κ3) is 5.59. The Labute approximate surface area is 166 Å². The van der Waals surface area contributed by atoms with Gasteiger partial charge in [0.2, 0.25) is 0 Å². The Morgan fingerprint density at radius 1 is 1.00 bits per heavy atom. The van der Waals surface area contributed by atoms with Crippen molar-refractivity contribution < 1.29 is 14.3 Å². The maximum absolute atomic E-state index is 12.6. The number of rotatable bonds is 6. The Bertz CT molecular complexity index is 794. The summed E-state index contributed by atoms with van der Waals surface area (Å²) in [6.07, 6.45) is 5.45. The van der Waals surface area contributed by atoms with Crippen LogP contribution in [0.3, 0.4) is 0 Å². The first-order valence-electron chi connectivity index (χ1n) is 10.1. The Morgan fingerprint density at radius 2 is 1.71 bits per heavy atom. The summed E-state index contributed by atoms with van der Waals surface area (Å²) in [5.41, 5.74) is 2.48. The number of aryl methyl sites for hydroxylation is 1. The molecule has 0 spiro atoms. The van der Waals surface area contributed by atoms with Crippen molar-refractivity contribution >= 4 is 17.5 Å². The highest BCUT2D eigenvalue weighted by molar-refractivity contribution is 5.96. The standard InChI is InChI=1S/C23H28N2O3/c1-2-18-8-7-9-21(16-18)28-17-22(26)24-20-12-10-19(11-13-20)23(27)25-14-5-3-4-6-15-25/h7-13,16H,2-6,14-15,17H2,1H3,(H,24,26). The van der Waals surface area contributed by atoms with Gasteiger partial charge >= 0.3 is 0 Å². The summed E-state index contributed by atoms with van der Waals surface area (Å²) in [5, 5.41) is 2.81. The van der Waals surface area contributed by atoms with E-state index in [1.165, 1.54) is 18.4 Å². The van der Waals surface area contributed by atoms with Gasteiger partial charge in [0, 0.05) is 24.3 Å². The molecule has 1 aliphatic heterocycles. The zero-order valence-electron chi connectivity index (χ0n) is 16.4. The van der Waals surface area contributed by atoms with E-state index in [0.717, 1.165) is 32.4 Å². The molecular formula is C23H28N2O3. The second kappa shape index (κ2) is 9.93. The lowest BCUT2D eigenvalue weighted by Gasteiger charge is -2.20. The molecule has 1 N–H and O–H groups in total. The van der Waals surface area contributed by atoms with Gasteiger partial charge in [-0.1, -0.05) is 31.9 Å². The second-order valence-corrected chi connectivity index (χ2v) is 7.12. The van der Waals surface area contributed by atoms with Gasteiger partial charge in [-0.05, 0) is 61.2 Å². The van der Waals surface area contributed by atoms with Crippen molar-refractivity contribution in [3.05, 3.63) is 59.7 Å². The molecule has 148 valence electrons. The number of anilines is 1. The number of nitrogens with one attached hydrogen (secondary N) is 1. The zero-order valence-corrected chi connectivity index (χ0v) is 16.4. The maximum atomic E-state index is 12.6. The van der Waals surface area contributed by atoms with E-state index >= 15 is 0 Å². The van der Waals surface area contributed by atoms with Crippen LogP contribution in [0.1, 0.15) is 48.5 Å². The molecule has 0 unspecified atom stereocenters. The molecule has 2 aromatic rings. The maximum Gasteiger partial charge on any atom is 0.262 e.